The molecule has 0 aliphatic carbocycles. The second kappa shape index (κ2) is 7.06. The molecule has 0 spiro atoms. The molecule has 0 aromatic heterocycles. The number of aryl methyl sites for hydroxylation is 1. The van der Waals surface area contributed by atoms with Crippen LogP contribution >= 0.6 is 0 Å². The lowest BCUT2D eigenvalue weighted by Gasteiger charge is -2.27. The summed E-state index contributed by atoms with van der Waals surface area (Å²) in [5.74, 6) is 5.24. The van der Waals surface area contributed by atoms with Crippen LogP contribution in [0.2, 0.25) is 0 Å². The average molecular weight is 274 g/mol. The molecule has 0 unspecified atom stereocenters. The first-order valence-corrected chi connectivity index (χ1v) is 6.55. The minimum absolute atomic E-state index is 0.142. The second-order valence-electron chi connectivity index (χ2n) is 4.53. The lowest BCUT2D eigenvalue weighted by atomic mass is 10.0. The van der Waals surface area contributed by atoms with Crippen LogP contribution in [0.25, 0.3) is 0 Å². The van der Waals surface area contributed by atoms with Gasteiger partial charge in [-0.3, -0.25) is 10.2 Å². The molecule has 2 rings (SSSR count). The van der Waals surface area contributed by atoms with Crippen molar-refractivity contribution in [3.63, 3.8) is 0 Å². The van der Waals surface area contributed by atoms with E-state index < -0.39 is 0 Å². The summed E-state index contributed by atoms with van der Waals surface area (Å²) in [6, 6.07) is 5.44. The number of nitrogens with zero attached hydrogens (tertiary/aromatic N) is 1. The largest absolute Gasteiger partial charge is 0.384 e. The van der Waals surface area contributed by atoms with Crippen LogP contribution in [-0.4, -0.2) is 48.9 Å². The number of amides is 1. The van der Waals surface area contributed by atoms with Gasteiger partial charge in [-0.05, 0) is 24.6 Å². The van der Waals surface area contributed by atoms with Gasteiger partial charge in [-0.2, -0.15) is 0 Å². The van der Waals surface area contributed by atoms with Crippen molar-refractivity contribution >= 4 is 5.91 Å². The van der Waals surface area contributed by atoms with Crippen molar-refractivity contribution in [3.05, 3.63) is 34.9 Å². The Labute approximate surface area is 118 Å². The van der Waals surface area contributed by atoms with E-state index in [1.807, 2.05) is 24.1 Å². The van der Waals surface area contributed by atoms with Gasteiger partial charge >= 0.3 is 0 Å². The number of benzene rings is 1. The second-order valence-corrected chi connectivity index (χ2v) is 4.53. The Morgan fingerprint density at radius 3 is 2.90 bits per heavy atom. The van der Waals surface area contributed by atoms with Gasteiger partial charge in [0.05, 0.1) is 13.2 Å². The summed E-state index contributed by atoms with van der Waals surface area (Å²) < 4.78 is 5.24. The Kier molecular flexibility index (Phi) is 5.13. The van der Waals surface area contributed by atoms with E-state index in [0.29, 0.717) is 31.9 Å². The SMILES string of the molecule is Cc1ccc(C#CCO)cc1C(=O)NN1CCOCC1. The van der Waals surface area contributed by atoms with Gasteiger partial charge in [-0.1, -0.05) is 17.9 Å². The molecule has 1 saturated heterocycles. The monoisotopic (exact) mass is 274 g/mol. The average Bonchev–Trinajstić information content (AvgIpc) is 2.47. The summed E-state index contributed by atoms with van der Waals surface area (Å²) in [6.45, 7) is 4.33. The maximum Gasteiger partial charge on any atom is 0.265 e. The van der Waals surface area contributed by atoms with Gasteiger partial charge in [-0.25, -0.2) is 5.01 Å². The minimum atomic E-state index is -0.191. The first-order valence-electron chi connectivity index (χ1n) is 6.55. The molecule has 0 saturated carbocycles. The number of morpholine rings is 1. The molecule has 1 aliphatic rings. The van der Waals surface area contributed by atoms with Crippen molar-refractivity contribution in [1.82, 2.24) is 10.4 Å². The van der Waals surface area contributed by atoms with E-state index in [-0.39, 0.29) is 12.5 Å². The van der Waals surface area contributed by atoms with Crippen molar-refractivity contribution in [1.29, 1.82) is 0 Å². The van der Waals surface area contributed by atoms with E-state index in [1.165, 1.54) is 0 Å². The topological polar surface area (TPSA) is 61.8 Å². The predicted molar refractivity (Wildman–Crippen MR) is 75.0 cm³/mol. The fourth-order valence-corrected chi connectivity index (χ4v) is 1.96. The number of rotatable bonds is 2. The highest BCUT2D eigenvalue weighted by Gasteiger charge is 2.15. The Balaban J connectivity index is 2.11. The molecular weight excluding hydrogens is 256 g/mol. The molecule has 1 fully saturated rings. The summed E-state index contributed by atoms with van der Waals surface area (Å²) in [6.07, 6.45) is 0. The molecule has 1 aromatic carbocycles. The molecule has 1 aliphatic heterocycles. The standard InChI is InChI=1S/C15H18N2O3/c1-12-4-5-13(3-2-8-18)11-14(12)15(19)16-17-6-9-20-10-7-17/h4-5,11,18H,6-10H2,1H3,(H,16,19). The summed E-state index contributed by atoms with van der Waals surface area (Å²) in [5, 5.41) is 10.6. The van der Waals surface area contributed by atoms with Crippen LogP contribution in [0.1, 0.15) is 21.5 Å². The first kappa shape index (κ1) is 14.5. The predicted octanol–water partition coefficient (Wildman–Crippen LogP) is 0.316. The van der Waals surface area contributed by atoms with E-state index in [4.69, 9.17) is 9.84 Å². The zero-order valence-electron chi connectivity index (χ0n) is 11.5. The van der Waals surface area contributed by atoms with Crippen LogP contribution in [-0.2, 0) is 4.74 Å². The maximum atomic E-state index is 12.3. The molecule has 2 N–H and O–H groups in total. The van der Waals surface area contributed by atoms with E-state index >= 15 is 0 Å². The number of hydrogen-bond donors (Lipinski definition) is 2. The normalized spacial score (nSPS) is 15.3. The molecule has 5 nitrogen and oxygen atoms in total. The summed E-state index contributed by atoms with van der Waals surface area (Å²) in [5.41, 5.74) is 5.09. The van der Waals surface area contributed by atoms with Gasteiger partial charge in [0.25, 0.3) is 5.91 Å². The third-order valence-electron chi connectivity index (χ3n) is 3.06. The number of aliphatic hydroxyl groups excluding tert-OH is 1. The van der Waals surface area contributed by atoms with Gasteiger partial charge in [0.2, 0.25) is 0 Å². The number of aliphatic hydroxyl groups is 1. The van der Waals surface area contributed by atoms with E-state index in [9.17, 15) is 4.79 Å². The molecule has 1 amide bonds. The van der Waals surface area contributed by atoms with Crippen molar-refractivity contribution < 1.29 is 14.6 Å². The van der Waals surface area contributed by atoms with Crippen molar-refractivity contribution in [2.24, 2.45) is 0 Å². The van der Waals surface area contributed by atoms with Gasteiger partial charge < -0.3 is 9.84 Å². The molecule has 1 heterocycles. The smallest absolute Gasteiger partial charge is 0.265 e. The zero-order chi connectivity index (χ0) is 14.4. The number of nitrogens with one attached hydrogen (secondary N) is 1. The Hall–Kier alpha value is -1.87. The summed E-state index contributed by atoms with van der Waals surface area (Å²) in [4.78, 5) is 12.3. The van der Waals surface area contributed by atoms with Crippen LogP contribution in [0.15, 0.2) is 18.2 Å². The van der Waals surface area contributed by atoms with Crippen LogP contribution in [0, 0.1) is 18.8 Å². The third kappa shape index (κ3) is 3.81. The number of hydrogen-bond acceptors (Lipinski definition) is 4. The molecule has 0 atom stereocenters. The molecule has 0 bridgehead atoms. The highest BCUT2D eigenvalue weighted by molar-refractivity contribution is 5.95. The Morgan fingerprint density at radius 1 is 1.45 bits per heavy atom. The zero-order valence-corrected chi connectivity index (χ0v) is 11.5. The molecule has 5 heteroatoms. The molecule has 106 valence electrons. The highest BCUT2D eigenvalue weighted by atomic mass is 16.5. The van der Waals surface area contributed by atoms with Crippen LogP contribution < -0.4 is 5.43 Å². The first-order chi connectivity index (χ1) is 9.70. The van der Waals surface area contributed by atoms with E-state index in [0.717, 1.165) is 11.1 Å². The summed E-state index contributed by atoms with van der Waals surface area (Å²) in [7, 11) is 0. The van der Waals surface area contributed by atoms with Crippen LogP contribution in [0.5, 0.6) is 0 Å². The van der Waals surface area contributed by atoms with Crippen LogP contribution in [0.3, 0.4) is 0 Å². The maximum absolute atomic E-state index is 12.3. The van der Waals surface area contributed by atoms with Gasteiger partial charge in [-0.15, -0.1) is 0 Å². The lowest BCUT2D eigenvalue weighted by molar-refractivity contribution is 0.0126. The van der Waals surface area contributed by atoms with Crippen LogP contribution in [0.4, 0.5) is 0 Å². The Bertz CT molecular complexity index is 540. The number of ether oxygens (including phenoxy) is 1. The van der Waals surface area contributed by atoms with Crippen molar-refractivity contribution in [2.45, 2.75) is 6.92 Å². The third-order valence-corrected chi connectivity index (χ3v) is 3.06. The van der Waals surface area contributed by atoms with Gasteiger partial charge in [0, 0.05) is 24.2 Å². The molecule has 20 heavy (non-hydrogen) atoms. The quantitative estimate of drug-likeness (QED) is 0.762. The fourth-order valence-electron chi connectivity index (χ4n) is 1.96. The number of carbonyl (C=O) groups excluding carboxylic acids is 1. The number of hydrazine groups is 1. The fraction of sp³-hybridized carbons (Fsp3) is 0.400. The molecular formula is C15H18N2O3. The summed E-state index contributed by atoms with van der Waals surface area (Å²) >= 11 is 0. The minimum Gasteiger partial charge on any atom is -0.384 e. The number of carbonyl (C=O) groups is 1. The Morgan fingerprint density at radius 2 is 2.20 bits per heavy atom. The van der Waals surface area contributed by atoms with Crippen molar-refractivity contribution in [3.8, 4) is 11.8 Å². The molecule has 1 aromatic rings. The van der Waals surface area contributed by atoms with Crippen molar-refractivity contribution in [2.75, 3.05) is 32.9 Å². The van der Waals surface area contributed by atoms with Gasteiger partial charge in [0.1, 0.15) is 6.61 Å². The van der Waals surface area contributed by atoms with Gasteiger partial charge in [0.15, 0.2) is 0 Å². The van der Waals surface area contributed by atoms with E-state index in [2.05, 4.69) is 17.3 Å². The molecule has 0 radical (unpaired) electrons. The lowest BCUT2D eigenvalue weighted by Crippen LogP contribution is -2.48. The highest BCUT2D eigenvalue weighted by Crippen LogP contribution is 2.11. The van der Waals surface area contributed by atoms with E-state index in [1.54, 1.807) is 6.07 Å².